The van der Waals surface area contributed by atoms with Crippen molar-refractivity contribution in [3.8, 4) is 0 Å². The van der Waals surface area contributed by atoms with Crippen molar-refractivity contribution < 1.29 is 14.3 Å². The highest BCUT2D eigenvalue weighted by atomic mass is 35.5. The summed E-state index contributed by atoms with van der Waals surface area (Å²) in [6, 6.07) is 0. The minimum Gasteiger partial charge on any atom is -0.467 e. The molecular formula is C17H22ClNO3S. The minimum absolute atomic E-state index is 0.407. The van der Waals surface area contributed by atoms with Crippen LogP contribution in [0.25, 0.3) is 0 Å². The molecule has 2 heterocycles. The summed E-state index contributed by atoms with van der Waals surface area (Å²) in [7, 11) is 3.33. The number of thioether (sulfide) groups is 1. The highest BCUT2D eigenvalue weighted by Gasteiger charge is 2.40. The molecule has 0 N–H and O–H groups in total. The van der Waals surface area contributed by atoms with Gasteiger partial charge in [0.15, 0.2) is 6.10 Å². The summed E-state index contributed by atoms with van der Waals surface area (Å²) in [5.41, 5.74) is 3.47. The Hall–Kier alpha value is -0.910. The molecule has 3 rings (SSSR count). The van der Waals surface area contributed by atoms with Crippen LogP contribution in [0.5, 0.6) is 0 Å². The molecule has 2 unspecified atom stereocenters. The third kappa shape index (κ3) is 2.94. The van der Waals surface area contributed by atoms with Crippen LogP contribution in [0.4, 0.5) is 0 Å². The lowest BCUT2D eigenvalue weighted by atomic mass is 9.91. The standard InChI is InChI=1S/C17H22ClNO3S/c1-4-22-15(17(20)21-3)14-13(18)16-11(9-19(14)2)10-7-5-6-8-12(10)23-16/h7,12,15H,4-6,8-9H2,1-3H3. The Labute approximate surface area is 146 Å². The summed E-state index contributed by atoms with van der Waals surface area (Å²) in [5, 5.41) is 1.15. The van der Waals surface area contributed by atoms with E-state index in [0.717, 1.165) is 17.9 Å². The minimum atomic E-state index is -0.770. The molecule has 126 valence electrons. The molecule has 0 fully saturated rings. The Morgan fingerprint density at radius 1 is 1.57 bits per heavy atom. The summed E-state index contributed by atoms with van der Waals surface area (Å²) < 4.78 is 10.5. The quantitative estimate of drug-likeness (QED) is 0.722. The third-order valence-electron chi connectivity index (χ3n) is 4.49. The number of esters is 1. The zero-order valence-electron chi connectivity index (χ0n) is 13.7. The van der Waals surface area contributed by atoms with E-state index >= 15 is 0 Å². The van der Waals surface area contributed by atoms with Crippen molar-refractivity contribution in [2.75, 3.05) is 27.3 Å². The van der Waals surface area contributed by atoms with Crippen LogP contribution in [0.3, 0.4) is 0 Å². The summed E-state index contributed by atoms with van der Waals surface area (Å²) in [6.07, 6.45) is 5.15. The van der Waals surface area contributed by atoms with Crippen molar-refractivity contribution >= 4 is 29.3 Å². The molecule has 0 spiro atoms. The van der Waals surface area contributed by atoms with Gasteiger partial charge in [0, 0.05) is 30.4 Å². The first kappa shape index (κ1) is 16.9. The first-order valence-electron chi connectivity index (χ1n) is 7.99. The van der Waals surface area contributed by atoms with Gasteiger partial charge < -0.3 is 14.4 Å². The largest absolute Gasteiger partial charge is 0.467 e. The van der Waals surface area contributed by atoms with E-state index in [1.165, 1.54) is 31.1 Å². The topological polar surface area (TPSA) is 38.8 Å². The van der Waals surface area contributed by atoms with Crippen molar-refractivity contribution in [2.24, 2.45) is 0 Å². The first-order valence-corrected chi connectivity index (χ1v) is 9.25. The van der Waals surface area contributed by atoms with Crippen LogP contribution < -0.4 is 0 Å². The van der Waals surface area contributed by atoms with Crippen molar-refractivity contribution in [1.29, 1.82) is 0 Å². The molecule has 23 heavy (non-hydrogen) atoms. The Morgan fingerprint density at radius 3 is 3.04 bits per heavy atom. The van der Waals surface area contributed by atoms with Gasteiger partial charge in [-0.25, -0.2) is 4.79 Å². The molecule has 3 aliphatic rings. The number of fused-ring (bicyclic) bond motifs is 2. The zero-order chi connectivity index (χ0) is 16.6. The molecule has 0 aromatic carbocycles. The molecule has 6 heteroatoms. The van der Waals surface area contributed by atoms with Crippen LogP contribution in [0.15, 0.2) is 32.9 Å². The predicted octanol–water partition coefficient (Wildman–Crippen LogP) is 3.44. The predicted molar refractivity (Wildman–Crippen MR) is 93.3 cm³/mol. The summed E-state index contributed by atoms with van der Waals surface area (Å²) >= 11 is 8.55. The zero-order valence-corrected chi connectivity index (χ0v) is 15.3. The van der Waals surface area contributed by atoms with Gasteiger partial charge in [0.25, 0.3) is 0 Å². The van der Waals surface area contributed by atoms with Gasteiger partial charge in [0.05, 0.1) is 17.8 Å². The smallest absolute Gasteiger partial charge is 0.341 e. The number of rotatable bonds is 4. The van der Waals surface area contributed by atoms with Gasteiger partial charge in [-0.2, -0.15) is 0 Å². The summed E-state index contributed by atoms with van der Waals surface area (Å²) in [4.78, 5) is 15.3. The molecule has 0 saturated carbocycles. The van der Waals surface area contributed by atoms with E-state index in [1.54, 1.807) is 0 Å². The van der Waals surface area contributed by atoms with Crippen LogP contribution in [-0.4, -0.2) is 49.5 Å². The number of carbonyl (C=O) groups is 1. The maximum absolute atomic E-state index is 12.1. The van der Waals surface area contributed by atoms with Crippen molar-refractivity contribution in [3.63, 3.8) is 0 Å². The van der Waals surface area contributed by atoms with Gasteiger partial charge in [-0.15, -0.1) is 11.8 Å². The highest BCUT2D eigenvalue weighted by molar-refractivity contribution is 8.04. The molecule has 2 atom stereocenters. The number of nitrogens with zero attached hydrogens (tertiary/aromatic N) is 1. The number of ether oxygens (including phenoxy) is 2. The number of hydrogen-bond donors (Lipinski definition) is 0. The molecule has 0 bridgehead atoms. The molecule has 0 aromatic rings. The number of carbonyl (C=O) groups excluding carboxylic acids is 1. The van der Waals surface area contributed by atoms with Crippen LogP contribution in [-0.2, 0) is 14.3 Å². The lowest BCUT2D eigenvalue weighted by Gasteiger charge is -2.33. The number of likely N-dealkylation sites (N-methyl/N-ethyl adjacent to an activating group) is 1. The molecule has 0 radical (unpaired) electrons. The second-order valence-corrected chi connectivity index (χ2v) is 7.51. The molecule has 4 nitrogen and oxygen atoms in total. The van der Waals surface area contributed by atoms with Gasteiger partial charge in [0.1, 0.15) is 0 Å². The molecule has 2 aliphatic heterocycles. The average molecular weight is 356 g/mol. The normalized spacial score (nSPS) is 25.1. The molecule has 1 aliphatic carbocycles. The fourth-order valence-electron chi connectivity index (χ4n) is 3.43. The SMILES string of the molecule is CCOC(C(=O)OC)C1=C(Cl)C2=C(CN1C)C1=CCCCC1S2. The van der Waals surface area contributed by atoms with E-state index in [9.17, 15) is 4.79 Å². The van der Waals surface area contributed by atoms with E-state index < -0.39 is 12.1 Å². The fraction of sp³-hybridized carbons (Fsp3) is 0.588. The maximum atomic E-state index is 12.1. The van der Waals surface area contributed by atoms with E-state index in [-0.39, 0.29) is 0 Å². The lowest BCUT2D eigenvalue weighted by molar-refractivity contribution is -0.152. The molecule has 0 amide bonds. The summed E-state index contributed by atoms with van der Waals surface area (Å²) in [5.74, 6) is -0.407. The second-order valence-electron chi connectivity index (χ2n) is 5.92. The monoisotopic (exact) mass is 355 g/mol. The Kier molecular flexibility index (Phi) is 5.09. The lowest BCUT2D eigenvalue weighted by Crippen LogP contribution is -2.39. The first-order chi connectivity index (χ1) is 11.1. The van der Waals surface area contributed by atoms with Crippen LogP contribution in [0, 0.1) is 0 Å². The summed E-state index contributed by atoms with van der Waals surface area (Å²) in [6.45, 7) is 3.05. The van der Waals surface area contributed by atoms with Gasteiger partial charge in [-0.1, -0.05) is 17.7 Å². The third-order valence-corrected chi connectivity index (χ3v) is 6.45. The van der Waals surface area contributed by atoms with Crippen molar-refractivity contribution in [1.82, 2.24) is 4.90 Å². The van der Waals surface area contributed by atoms with Gasteiger partial charge in [-0.3, -0.25) is 0 Å². The number of methoxy groups -OCH3 is 1. The Morgan fingerprint density at radius 2 is 2.35 bits per heavy atom. The van der Waals surface area contributed by atoms with Crippen LogP contribution >= 0.6 is 23.4 Å². The van der Waals surface area contributed by atoms with Crippen molar-refractivity contribution in [3.05, 3.63) is 32.9 Å². The molecule has 0 aromatic heterocycles. The van der Waals surface area contributed by atoms with Crippen LogP contribution in [0.2, 0.25) is 0 Å². The molecular weight excluding hydrogens is 334 g/mol. The Balaban J connectivity index is 2.01. The van der Waals surface area contributed by atoms with Gasteiger partial charge in [0.2, 0.25) is 0 Å². The van der Waals surface area contributed by atoms with E-state index in [0.29, 0.717) is 22.6 Å². The molecule has 0 saturated heterocycles. The van der Waals surface area contributed by atoms with E-state index in [1.807, 2.05) is 30.6 Å². The number of hydrogen-bond acceptors (Lipinski definition) is 5. The highest BCUT2D eigenvalue weighted by Crippen LogP contribution is 2.52. The van der Waals surface area contributed by atoms with E-state index in [4.69, 9.17) is 21.1 Å². The number of halogens is 1. The van der Waals surface area contributed by atoms with Crippen LogP contribution in [0.1, 0.15) is 26.2 Å². The van der Waals surface area contributed by atoms with Gasteiger partial charge >= 0.3 is 5.97 Å². The maximum Gasteiger partial charge on any atom is 0.341 e. The second kappa shape index (κ2) is 6.91. The van der Waals surface area contributed by atoms with Gasteiger partial charge in [-0.05, 0) is 37.3 Å². The van der Waals surface area contributed by atoms with Crippen molar-refractivity contribution in [2.45, 2.75) is 37.5 Å². The average Bonchev–Trinajstić information content (AvgIpc) is 2.92. The fourth-order valence-corrected chi connectivity index (χ4v) is 5.39. The number of allylic oxidation sites excluding steroid dienone is 2. The Bertz CT molecular complexity index is 611. The van der Waals surface area contributed by atoms with E-state index in [2.05, 4.69) is 6.08 Å².